The van der Waals surface area contributed by atoms with Gasteiger partial charge in [-0.15, -0.1) is 23.6 Å². The molecule has 4 heteroatoms. The number of thioether (sulfide) groups is 1. The molecule has 78 valence electrons. The summed E-state index contributed by atoms with van der Waals surface area (Å²) >= 11 is 1.51. The molecule has 3 nitrogen and oxygen atoms in total. The monoisotopic (exact) mass is 221 g/mol. The number of nitrogens with zero attached hydrogens (tertiary/aromatic N) is 1. The number of hydrogen-bond donors (Lipinski definition) is 1. The predicted octanol–water partition coefficient (Wildman–Crippen LogP) is 2.29. The van der Waals surface area contributed by atoms with Gasteiger partial charge in [0.15, 0.2) is 0 Å². The number of hydrogen-bond acceptors (Lipinski definition) is 3. The van der Waals surface area contributed by atoms with E-state index in [1.807, 2.05) is 0 Å². The molecule has 0 saturated heterocycles. The van der Waals surface area contributed by atoms with Crippen molar-refractivity contribution in [2.45, 2.75) is 18.4 Å². The molecule has 1 aromatic heterocycles. The molecule has 0 fully saturated rings. The van der Waals surface area contributed by atoms with E-state index in [4.69, 9.17) is 5.11 Å². The van der Waals surface area contributed by atoms with E-state index in [0.717, 1.165) is 17.2 Å². The van der Waals surface area contributed by atoms with Crippen molar-refractivity contribution < 1.29 is 9.90 Å². The lowest BCUT2D eigenvalue weighted by Crippen LogP contribution is -1.96. The predicted molar refractivity (Wildman–Crippen MR) is 60.0 cm³/mol. The zero-order chi connectivity index (χ0) is 11.1. The summed E-state index contributed by atoms with van der Waals surface area (Å²) in [4.78, 5) is 14.7. The Hall–Kier alpha value is -1.47. The van der Waals surface area contributed by atoms with Gasteiger partial charge in [-0.3, -0.25) is 0 Å². The van der Waals surface area contributed by atoms with E-state index in [1.54, 1.807) is 13.0 Å². The number of aromatic nitrogens is 1. The molecule has 15 heavy (non-hydrogen) atoms. The van der Waals surface area contributed by atoms with Gasteiger partial charge in [0.25, 0.3) is 0 Å². The van der Waals surface area contributed by atoms with Gasteiger partial charge in [0, 0.05) is 18.4 Å². The highest BCUT2D eigenvalue weighted by Gasteiger charge is 2.03. The molecule has 0 bridgehead atoms. The molecule has 1 heterocycles. The highest BCUT2D eigenvalue weighted by Crippen LogP contribution is 2.16. The number of carboxylic acid groups (broad SMARTS) is 1. The van der Waals surface area contributed by atoms with Gasteiger partial charge in [0.1, 0.15) is 0 Å². The Morgan fingerprint density at radius 3 is 3.13 bits per heavy atom. The number of pyridine rings is 1. The third kappa shape index (κ3) is 4.05. The molecule has 1 aromatic rings. The Balaban J connectivity index is 2.56. The van der Waals surface area contributed by atoms with Crippen LogP contribution in [0.1, 0.15) is 23.7 Å². The normalized spacial score (nSPS) is 9.13. The van der Waals surface area contributed by atoms with Gasteiger partial charge in [-0.1, -0.05) is 0 Å². The van der Waals surface area contributed by atoms with Crippen LogP contribution in [0, 0.1) is 11.8 Å². The SMILES string of the molecule is CC#CCCSc1cc(C(=O)O)ccn1. The van der Waals surface area contributed by atoms with Crippen molar-refractivity contribution in [2.75, 3.05) is 5.75 Å². The molecule has 0 spiro atoms. The summed E-state index contributed by atoms with van der Waals surface area (Å²) in [5.41, 5.74) is 0.272. The Bertz CT molecular complexity index is 407. The zero-order valence-electron chi connectivity index (χ0n) is 8.36. The molecule has 0 aliphatic rings. The fourth-order valence-corrected chi connectivity index (χ4v) is 1.71. The first-order chi connectivity index (χ1) is 7.24. The van der Waals surface area contributed by atoms with Crippen LogP contribution in [0.25, 0.3) is 0 Å². The molecule has 0 aliphatic carbocycles. The van der Waals surface area contributed by atoms with Gasteiger partial charge in [-0.25, -0.2) is 9.78 Å². The van der Waals surface area contributed by atoms with Crippen molar-refractivity contribution >= 4 is 17.7 Å². The number of carbonyl (C=O) groups is 1. The van der Waals surface area contributed by atoms with Crippen molar-refractivity contribution in [2.24, 2.45) is 0 Å². The van der Waals surface area contributed by atoms with E-state index >= 15 is 0 Å². The minimum atomic E-state index is -0.924. The summed E-state index contributed by atoms with van der Waals surface area (Å²) in [6, 6.07) is 3.06. The molecule has 1 N–H and O–H groups in total. The van der Waals surface area contributed by atoms with E-state index in [1.165, 1.54) is 24.0 Å². The van der Waals surface area contributed by atoms with Crippen molar-refractivity contribution in [3.8, 4) is 11.8 Å². The minimum absolute atomic E-state index is 0.272. The summed E-state index contributed by atoms with van der Waals surface area (Å²) < 4.78 is 0. The number of rotatable bonds is 4. The molecule has 0 atom stereocenters. The lowest BCUT2D eigenvalue weighted by atomic mass is 10.3. The summed E-state index contributed by atoms with van der Waals surface area (Å²) in [7, 11) is 0. The molecular formula is C11H11NO2S. The second-order valence-corrected chi connectivity index (χ2v) is 3.83. The third-order valence-corrected chi connectivity index (χ3v) is 2.56. The van der Waals surface area contributed by atoms with Crippen molar-refractivity contribution in [1.82, 2.24) is 4.98 Å². The first kappa shape index (κ1) is 11.6. The van der Waals surface area contributed by atoms with Gasteiger partial charge >= 0.3 is 5.97 Å². The summed E-state index contributed by atoms with van der Waals surface area (Å²) in [6.07, 6.45) is 2.30. The van der Waals surface area contributed by atoms with Crippen LogP contribution in [0.3, 0.4) is 0 Å². The van der Waals surface area contributed by atoms with Gasteiger partial charge in [-0.05, 0) is 19.1 Å². The topological polar surface area (TPSA) is 50.2 Å². The maximum Gasteiger partial charge on any atom is 0.335 e. The van der Waals surface area contributed by atoms with Crippen LogP contribution >= 0.6 is 11.8 Å². The fourth-order valence-electron chi connectivity index (χ4n) is 0.953. The smallest absolute Gasteiger partial charge is 0.335 e. The van der Waals surface area contributed by atoms with Gasteiger partial charge < -0.3 is 5.11 Å². The Morgan fingerprint density at radius 1 is 1.67 bits per heavy atom. The standard InChI is InChI=1S/C11H11NO2S/c1-2-3-4-7-15-10-8-9(11(13)14)5-6-12-10/h5-6,8H,4,7H2,1H3,(H,13,14). The molecule has 0 amide bonds. The van der Waals surface area contributed by atoms with E-state index in [9.17, 15) is 4.79 Å². The molecule has 0 aromatic carbocycles. The average molecular weight is 221 g/mol. The summed E-state index contributed by atoms with van der Waals surface area (Å²) in [5, 5.41) is 9.49. The number of aromatic carboxylic acids is 1. The second-order valence-electron chi connectivity index (χ2n) is 2.71. The molecule has 0 aliphatic heterocycles. The lowest BCUT2D eigenvalue weighted by molar-refractivity contribution is 0.0696. The van der Waals surface area contributed by atoms with E-state index in [0.29, 0.717) is 0 Å². The maximum atomic E-state index is 10.7. The molecule has 0 saturated carbocycles. The third-order valence-electron chi connectivity index (χ3n) is 1.64. The Kier molecular flexibility index (Phi) is 4.72. The molecule has 1 rings (SSSR count). The molecule has 0 radical (unpaired) electrons. The van der Waals surface area contributed by atoms with Crippen LogP contribution < -0.4 is 0 Å². The lowest BCUT2D eigenvalue weighted by Gasteiger charge is -1.99. The van der Waals surface area contributed by atoms with Crippen LogP contribution in [-0.2, 0) is 0 Å². The summed E-state index contributed by atoms with van der Waals surface area (Å²) in [6.45, 7) is 1.80. The first-order valence-electron chi connectivity index (χ1n) is 4.46. The molecular weight excluding hydrogens is 210 g/mol. The fraction of sp³-hybridized carbons (Fsp3) is 0.273. The van der Waals surface area contributed by atoms with E-state index in [2.05, 4.69) is 16.8 Å². The first-order valence-corrected chi connectivity index (χ1v) is 5.44. The van der Waals surface area contributed by atoms with Crippen LogP contribution in [0.5, 0.6) is 0 Å². The van der Waals surface area contributed by atoms with Gasteiger partial charge in [0.05, 0.1) is 10.6 Å². The van der Waals surface area contributed by atoms with Gasteiger partial charge in [0.2, 0.25) is 0 Å². The van der Waals surface area contributed by atoms with Crippen molar-refractivity contribution in [3.63, 3.8) is 0 Å². The Morgan fingerprint density at radius 2 is 2.47 bits per heavy atom. The van der Waals surface area contributed by atoms with E-state index < -0.39 is 5.97 Å². The summed E-state index contributed by atoms with van der Waals surface area (Å²) in [5.74, 6) is 5.65. The molecule has 0 unspecified atom stereocenters. The second kappa shape index (κ2) is 6.10. The van der Waals surface area contributed by atoms with Crippen molar-refractivity contribution in [1.29, 1.82) is 0 Å². The average Bonchev–Trinajstić information content (AvgIpc) is 2.25. The van der Waals surface area contributed by atoms with Crippen LogP contribution in [0.2, 0.25) is 0 Å². The zero-order valence-corrected chi connectivity index (χ0v) is 9.17. The van der Waals surface area contributed by atoms with Crippen LogP contribution in [-0.4, -0.2) is 21.8 Å². The van der Waals surface area contributed by atoms with Gasteiger partial charge in [-0.2, -0.15) is 0 Å². The van der Waals surface area contributed by atoms with Crippen LogP contribution in [0.15, 0.2) is 23.4 Å². The largest absolute Gasteiger partial charge is 0.478 e. The maximum absolute atomic E-state index is 10.7. The van der Waals surface area contributed by atoms with Crippen molar-refractivity contribution in [3.05, 3.63) is 23.9 Å². The minimum Gasteiger partial charge on any atom is -0.478 e. The Labute approximate surface area is 92.9 Å². The van der Waals surface area contributed by atoms with E-state index in [-0.39, 0.29) is 5.56 Å². The highest BCUT2D eigenvalue weighted by atomic mass is 32.2. The quantitative estimate of drug-likeness (QED) is 0.481. The van der Waals surface area contributed by atoms with Crippen LogP contribution in [0.4, 0.5) is 0 Å². The number of carboxylic acids is 1. The highest BCUT2D eigenvalue weighted by molar-refractivity contribution is 7.99.